The molecule has 1 atom stereocenters. The smallest absolute Gasteiger partial charge is 0.314 e. The van der Waals surface area contributed by atoms with Crippen molar-refractivity contribution in [2.24, 2.45) is 11.3 Å². The quantitative estimate of drug-likeness (QED) is 0.603. The van der Waals surface area contributed by atoms with Crippen molar-refractivity contribution in [1.82, 2.24) is 10.6 Å². The summed E-state index contributed by atoms with van der Waals surface area (Å²) in [5.41, 5.74) is 0.437. The summed E-state index contributed by atoms with van der Waals surface area (Å²) in [5, 5.41) is 15.1. The summed E-state index contributed by atoms with van der Waals surface area (Å²) in [5.74, 6) is 0.862. The van der Waals surface area contributed by atoms with E-state index in [9.17, 15) is 9.90 Å². The molecule has 0 radical (unpaired) electrons. The lowest BCUT2D eigenvalue weighted by molar-refractivity contribution is 0.0598. The first-order valence-corrected chi connectivity index (χ1v) is 6.85. The fraction of sp³-hybridized carbons (Fsp3) is 0.923. The van der Waals surface area contributed by atoms with Gasteiger partial charge in [0.25, 0.3) is 0 Å². The molecule has 0 spiro atoms. The third kappa shape index (κ3) is 3.85. The second kappa shape index (κ2) is 5.89. The van der Waals surface area contributed by atoms with Crippen LogP contribution in [0.1, 0.15) is 32.1 Å². The Morgan fingerprint density at radius 1 is 1.44 bits per heavy atom. The molecule has 0 aromatic carbocycles. The number of hydrogen-bond donors (Lipinski definition) is 3. The normalized spacial score (nSPS) is 22.3. The fourth-order valence-corrected chi connectivity index (χ4v) is 2.53. The van der Waals surface area contributed by atoms with Crippen LogP contribution < -0.4 is 10.6 Å². The number of urea groups is 1. The lowest BCUT2D eigenvalue weighted by Gasteiger charge is -2.16. The highest BCUT2D eigenvalue weighted by Crippen LogP contribution is 2.60. The molecule has 18 heavy (non-hydrogen) atoms. The third-order valence-corrected chi connectivity index (χ3v) is 4.06. The Hall–Kier alpha value is -0.810. The van der Waals surface area contributed by atoms with Crippen molar-refractivity contribution in [2.75, 3.05) is 26.8 Å². The van der Waals surface area contributed by atoms with Gasteiger partial charge in [0, 0.05) is 20.2 Å². The number of carbonyl (C=O) groups is 1. The van der Waals surface area contributed by atoms with E-state index < -0.39 is 6.10 Å². The van der Waals surface area contributed by atoms with Crippen molar-refractivity contribution in [1.29, 1.82) is 0 Å². The Bertz CT molecular complexity index is 288. The topological polar surface area (TPSA) is 70.6 Å². The van der Waals surface area contributed by atoms with Gasteiger partial charge in [-0.1, -0.05) is 0 Å². The van der Waals surface area contributed by atoms with Crippen molar-refractivity contribution < 1.29 is 14.6 Å². The van der Waals surface area contributed by atoms with Crippen LogP contribution in [0.5, 0.6) is 0 Å². The second-order valence-corrected chi connectivity index (χ2v) is 5.64. The number of aliphatic hydroxyl groups excluding tert-OH is 1. The minimum Gasteiger partial charge on any atom is -0.391 e. The largest absolute Gasteiger partial charge is 0.391 e. The predicted molar refractivity (Wildman–Crippen MR) is 68.3 cm³/mol. The second-order valence-electron chi connectivity index (χ2n) is 5.64. The molecule has 2 fully saturated rings. The molecule has 0 heterocycles. The lowest BCUT2D eigenvalue weighted by atomic mass is 10.0. The number of methoxy groups -OCH3 is 1. The average molecular weight is 256 g/mol. The van der Waals surface area contributed by atoms with Crippen molar-refractivity contribution >= 4 is 6.03 Å². The minimum absolute atomic E-state index is 0.119. The Morgan fingerprint density at radius 3 is 2.72 bits per heavy atom. The van der Waals surface area contributed by atoms with Crippen LogP contribution in [0.2, 0.25) is 0 Å². The third-order valence-electron chi connectivity index (χ3n) is 4.06. The van der Waals surface area contributed by atoms with Crippen LogP contribution in [0.4, 0.5) is 4.79 Å². The maximum atomic E-state index is 11.6. The molecule has 5 heteroatoms. The molecule has 104 valence electrons. The summed E-state index contributed by atoms with van der Waals surface area (Å²) in [6.07, 6.45) is 5.24. The maximum Gasteiger partial charge on any atom is 0.314 e. The molecule has 0 aliphatic heterocycles. The first-order chi connectivity index (χ1) is 8.66. The summed E-state index contributed by atoms with van der Waals surface area (Å²) in [4.78, 5) is 11.6. The van der Waals surface area contributed by atoms with Crippen LogP contribution in [0, 0.1) is 11.3 Å². The summed E-state index contributed by atoms with van der Waals surface area (Å²) in [6, 6.07) is -0.119. The lowest BCUT2D eigenvalue weighted by Crippen LogP contribution is -2.40. The Balaban J connectivity index is 1.52. The van der Waals surface area contributed by atoms with E-state index in [1.165, 1.54) is 25.7 Å². The van der Waals surface area contributed by atoms with Gasteiger partial charge < -0.3 is 20.5 Å². The molecular weight excluding hydrogens is 232 g/mol. The van der Waals surface area contributed by atoms with Gasteiger partial charge in [-0.3, -0.25) is 0 Å². The Labute approximate surface area is 108 Å². The number of amides is 2. The molecule has 2 amide bonds. The van der Waals surface area contributed by atoms with E-state index in [1.54, 1.807) is 7.11 Å². The number of nitrogens with one attached hydrogen (secondary N) is 2. The van der Waals surface area contributed by atoms with E-state index in [4.69, 9.17) is 4.74 Å². The van der Waals surface area contributed by atoms with Crippen LogP contribution in [0.15, 0.2) is 0 Å². The fourth-order valence-electron chi connectivity index (χ4n) is 2.53. The number of ether oxygens (including phenoxy) is 1. The van der Waals surface area contributed by atoms with Gasteiger partial charge in [-0.2, -0.15) is 0 Å². The SMILES string of the molecule is COCC(O)CCNC(=O)NCC1(C2CC2)CC1. The molecule has 2 rings (SSSR count). The maximum absolute atomic E-state index is 11.6. The number of carbonyl (C=O) groups excluding carboxylic acids is 1. The summed E-state index contributed by atoms with van der Waals surface area (Å²) < 4.78 is 4.82. The number of rotatable bonds is 8. The standard InChI is InChI=1S/C13H24N2O3/c1-18-8-11(16)4-7-14-12(17)15-9-13(5-6-13)10-2-3-10/h10-11,16H,2-9H2,1H3,(H2,14,15,17). The van der Waals surface area contributed by atoms with E-state index in [-0.39, 0.29) is 6.03 Å². The molecular formula is C13H24N2O3. The van der Waals surface area contributed by atoms with Gasteiger partial charge in [0.05, 0.1) is 12.7 Å². The molecule has 2 saturated carbocycles. The molecule has 0 bridgehead atoms. The first-order valence-electron chi connectivity index (χ1n) is 6.85. The van der Waals surface area contributed by atoms with Crippen molar-refractivity contribution in [3.05, 3.63) is 0 Å². The molecule has 2 aliphatic rings. The van der Waals surface area contributed by atoms with E-state index in [0.29, 0.717) is 25.0 Å². The highest BCUT2D eigenvalue weighted by Gasteiger charge is 2.53. The van der Waals surface area contributed by atoms with Gasteiger partial charge in [-0.05, 0) is 43.4 Å². The van der Waals surface area contributed by atoms with Crippen molar-refractivity contribution in [3.8, 4) is 0 Å². The Morgan fingerprint density at radius 2 is 2.17 bits per heavy atom. The van der Waals surface area contributed by atoms with Crippen LogP contribution >= 0.6 is 0 Å². The van der Waals surface area contributed by atoms with E-state index in [0.717, 1.165) is 12.5 Å². The van der Waals surface area contributed by atoms with E-state index in [2.05, 4.69) is 10.6 Å². The van der Waals surface area contributed by atoms with Crippen LogP contribution in [0.3, 0.4) is 0 Å². The zero-order valence-electron chi connectivity index (χ0n) is 11.1. The van der Waals surface area contributed by atoms with Gasteiger partial charge in [0.1, 0.15) is 0 Å². The summed E-state index contributed by atoms with van der Waals surface area (Å²) >= 11 is 0. The first kappa shape index (κ1) is 13.6. The highest BCUT2D eigenvalue weighted by molar-refractivity contribution is 5.73. The predicted octanol–water partition coefficient (Wildman–Crippen LogP) is 0.873. The number of aliphatic hydroxyl groups is 1. The minimum atomic E-state index is -0.503. The Kier molecular flexibility index (Phi) is 4.45. The van der Waals surface area contributed by atoms with Crippen LogP contribution in [0.25, 0.3) is 0 Å². The number of hydrogen-bond acceptors (Lipinski definition) is 3. The van der Waals surface area contributed by atoms with E-state index >= 15 is 0 Å². The van der Waals surface area contributed by atoms with Crippen molar-refractivity contribution in [3.63, 3.8) is 0 Å². The summed E-state index contributed by atoms with van der Waals surface area (Å²) in [6.45, 7) is 1.60. The molecule has 5 nitrogen and oxygen atoms in total. The molecule has 1 unspecified atom stereocenters. The molecule has 0 saturated heterocycles. The molecule has 3 N–H and O–H groups in total. The average Bonchev–Trinajstić information content (AvgIpc) is 3.18. The van der Waals surface area contributed by atoms with Crippen molar-refractivity contribution in [2.45, 2.75) is 38.2 Å². The molecule has 2 aliphatic carbocycles. The van der Waals surface area contributed by atoms with Crippen LogP contribution in [-0.4, -0.2) is 44.0 Å². The van der Waals surface area contributed by atoms with Gasteiger partial charge in [-0.25, -0.2) is 4.79 Å². The monoisotopic (exact) mass is 256 g/mol. The van der Waals surface area contributed by atoms with Gasteiger partial charge in [-0.15, -0.1) is 0 Å². The highest BCUT2D eigenvalue weighted by atomic mass is 16.5. The van der Waals surface area contributed by atoms with E-state index in [1.807, 2.05) is 0 Å². The molecule has 0 aromatic heterocycles. The molecule has 0 aromatic rings. The van der Waals surface area contributed by atoms with Gasteiger partial charge >= 0.3 is 6.03 Å². The summed E-state index contributed by atoms with van der Waals surface area (Å²) in [7, 11) is 1.55. The van der Waals surface area contributed by atoms with Gasteiger partial charge in [0.2, 0.25) is 0 Å². The van der Waals surface area contributed by atoms with Gasteiger partial charge in [0.15, 0.2) is 0 Å². The zero-order valence-corrected chi connectivity index (χ0v) is 11.1. The van der Waals surface area contributed by atoms with Crippen LogP contribution in [-0.2, 0) is 4.74 Å². The zero-order chi connectivity index (χ0) is 13.0.